The number of hydrogen-bond acceptors (Lipinski definition) is 1. The van der Waals surface area contributed by atoms with Crippen LogP contribution in [-0.2, 0) is 0 Å². The first-order chi connectivity index (χ1) is 11.5. The molecule has 1 aromatic heterocycles. The van der Waals surface area contributed by atoms with E-state index in [1.807, 2.05) is 31.3 Å². The van der Waals surface area contributed by atoms with Crippen molar-refractivity contribution in [2.75, 3.05) is 0 Å². The van der Waals surface area contributed by atoms with E-state index in [-0.39, 0.29) is 5.92 Å². The van der Waals surface area contributed by atoms with Gasteiger partial charge < -0.3 is 0 Å². The van der Waals surface area contributed by atoms with E-state index in [1.54, 1.807) is 0 Å². The summed E-state index contributed by atoms with van der Waals surface area (Å²) in [5.41, 5.74) is 4.18. The third-order valence-corrected chi connectivity index (χ3v) is 5.44. The minimum absolute atomic E-state index is 0.105. The number of nitrogens with zero attached hydrogens (tertiary/aromatic N) is 1. The van der Waals surface area contributed by atoms with Crippen LogP contribution in [0.3, 0.4) is 0 Å². The average Bonchev–Trinajstić information content (AvgIpc) is 2.61. The molecule has 0 aliphatic heterocycles. The van der Waals surface area contributed by atoms with Gasteiger partial charge in [-0.05, 0) is 56.4 Å². The van der Waals surface area contributed by atoms with Crippen LogP contribution in [0, 0.1) is 11.3 Å². The SMILES string of the molecule is CCC=CC(C)(C(F)CC)C1CC=C(C)C(C)=C1c1ccccn1. The van der Waals surface area contributed by atoms with Gasteiger partial charge in [0, 0.05) is 17.5 Å². The van der Waals surface area contributed by atoms with E-state index in [0.29, 0.717) is 6.42 Å². The van der Waals surface area contributed by atoms with E-state index in [0.717, 1.165) is 18.5 Å². The summed E-state index contributed by atoms with van der Waals surface area (Å²) in [7, 11) is 0. The zero-order valence-corrected chi connectivity index (χ0v) is 15.6. The Labute approximate surface area is 146 Å². The number of aromatic nitrogens is 1. The fraction of sp³-hybridized carbons (Fsp3) is 0.500. The molecule has 0 radical (unpaired) electrons. The molecule has 2 rings (SSSR count). The van der Waals surface area contributed by atoms with E-state index < -0.39 is 11.6 Å². The van der Waals surface area contributed by atoms with Crippen molar-refractivity contribution in [1.29, 1.82) is 0 Å². The Morgan fingerprint density at radius 1 is 1.33 bits per heavy atom. The van der Waals surface area contributed by atoms with Gasteiger partial charge in [0.2, 0.25) is 0 Å². The highest BCUT2D eigenvalue weighted by atomic mass is 19.1. The number of hydrogen-bond donors (Lipinski definition) is 0. The average molecular weight is 327 g/mol. The number of rotatable bonds is 6. The first kappa shape index (κ1) is 18.6. The molecule has 24 heavy (non-hydrogen) atoms. The van der Waals surface area contributed by atoms with Crippen LogP contribution in [-0.4, -0.2) is 11.2 Å². The molecule has 1 aromatic rings. The van der Waals surface area contributed by atoms with Crippen LogP contribution in [0.5, 0.6) is 0 Å². The van der Waals surface area contributed by atoms with Crippen molar-refractivity contribution in [2.45, 2.75) is 60.1 Å². The maximum atomic E-state index is 15.1. The van der Waals surface area contributed by atoms with Gasteiger partial charge >= 0.3 is 0 Å². The molecule has 1 heterocycles. The third kappa shape index (κ3) is 3.53. The van der Waals surface area contributed by atoms with Gasteiger partial charge in [-0.3, -0.25) is 4.98 Å². The molecule has 0 fully saturated rings. The Hall–Kier alpha value is -1.70. The molecule has 0 N–H and O–H groups in total. The van der Waals surface area contributed by atoms with E-state index in [1.165, 1.54) is 16.7 Å². The first-order valence-electron chi connectivity index (χ1n) is 9.06. The highest BCUT2D eigenvalue weighted by Crippen LogP contribution is 2.49. The van der Waals surface area contributed by atoms with Crippen LogP contribution in [0.25, 0.3) is 5.57 Å². The predicted octanol–water partition coefficient (Wildman–Crippen LogP) is 6.54. The highest BCUT2D eigenvalue weighted by Gasteiger charge is 2.42. The van der Waals surface area contributed by atoms with Crippen LogP contribution < -0.4 is 0 Å². The normalized spacial score (nSPS) is 22.4. The summed E-state index contributed by atoms with van der Waals surface area (Å²) in [6.07, 6.45) is 9.74. The number of halogens is 1. The zero-order chi connectivity index (χ0) is 17.7. The van der Waals surface area contributed by atoms with Crippen molar-refractivity contribution < 1.29 is 4.39 Å². The van der Waals surface area contributed by atoms with Crippen molar-refractivity contribution >= 4 is 5.57 Å². The zero-order valence-electron chi connectivity index (χ0n) is 15.6. The molecule has 3 atom stereocenters. The van der Waals surface area contributed by atoms with Crippen molar-refractivity contribution in [2.24, 2.45) is 11.3 Å². The monoisotopic (exact) mass is 327 g/mol. The summed E-state index contributed by atoms with van der Waals surface area (Å²) >= 11 is 0. The van der Waals surface area contributed by atoms with E-state index in [2.05, 4.69) is 50.9 Å². The molecular weight excluding hydrogens is 297 g/mol. The quantitative estimate of drug-likeness (QED) is 0.540. The second-order valence-electron chi connectivity index (χ2n) is 6.98. The summed E-state index contributed by atoms with van der Waals surface area (Å²) in [4.78, 5) is 4.58. The fourth-order valence-corrected chi connectivity index (χ4v) is 3.75. The molecule has 2 heteroatoms. The Bertz CT molecular complexity index is 641. The number of pyridine rings is 1. The summed E-state index contributed by atoms with van der Waals surface area (Å²) in [6.45, 7) is 10.4. The molecule has 1 aliphatic carbocycles. The van der Waals surface area contributed by atoms with Gasteiger partial charge in [0.25, 0.3) is 0 Å². The van der Waals surface area contributed by atoms with Gasteiger partial charge in [-0.1, -0.05) is 50.6 Å². The van der Waals surface area contributed by atoms with Crippen LogP contribution in [0.2, 0.25) is 0 Å². The lowest BCUT2D eigenvalue weighted by Crippen LogP contribution is -2.37. The lowest BCUT2D eigenvalue weighted by atomic mass is 9.64. The van der Waals surface area contributed by atoms with E-state index in [9.17, 15) is 0 Å². The second-order valence-corrected chi connectivity index (χ2v) is 6.98. The molecule has 130 valence electrons. The molecule has 3 unspecified atom stereocenters. The van der Waals surface area contributed by atoms with Crippen molar-refractivity contribution in [3.8, 4) is 0 Å². The van der Waals surface area contributed by atoms with Crippen molar-refractivity contribution in [1.82, 2.24) is 4.98 Å². The molecule has 0 aromatic carbocycles. The van der Waals surface area contributed by atoms with Crippen LogP contribution >= 0.6 is 0 Å². The molecular formula is C22H30FN. The summed E-state index contributed by atoms with van der Waals surface area (Å²) in [6, 6.07) is 5.99. The second kappa shape index (κ2) is 7.92. The number of alkyl halides is 1. The Morgan fingerprint density at radius 3 is 2.67 bits per heavy atom. The minimum atomic E-state index is -0.872. The standard InChI is InChI=1S/C22H30FN/c1-6-8-14-22(5,20(23)7-2)18-13-12-16(3)17(4)21(18)19-11-9-10-15-24-19/h8-12,14-15,18,20H,6-7,13H2,1-5H3. The largest absolute Gasteiger partial charge is 0.257 e. The van der Waals surface area contributed by atoms with Gasteiger partial charge in [0.1, 0.15) is 6.17 Å². The maximum absolute atomic E-state index is 15.1. The van der Waals surface area contributed by atoms with Gasteiger partial charge in [-0.15, -0.1) is 0 Å². The molecule has 1 aliphatic rings. The summed E-state index contributed by atoms with van der Waals surface area (Å²) in [5, 5.41) is 0. The number of allylic oxidation sites excluding steroid dienone is 6. The summed E-state index contributed by atoms with van der Waals surface area (Å²) in [5.74, 6) is 0.105. The molecule has 0 saturated heterocycles. The summed E-state index contributed by atoms with van der Waals surface area (Å²) < 4.78 is 15.1. The maximum Gasteiger partial charge on any atom is 0.109 e. The Morgan fingerprint density at radius 2 is 2.08 bits per heavy atom. The van der Waals surface area contributed by atoms with E-state index >= 15 is 4.39 Å². The van der Waals surface area contributed by atoms with E-state index in [4.69, 9.17) is 0 Å². The smallest absolute Gasteiger partial charge is 0.109 e. The molecule has 1 nitrogen and oxygen atoms in total. The topological polar surface area (TPSA) is 12.9 Å². The van der Waals surface area contributed by atoms with Crippen LogP contribution in [0.1, 0.15) is 59.6 Å². The van der Waals surface area contributed by atoms with Gasteiger partial charge in [0.15, 0.2) is 0 Å². The molecule has 0 spiro atoms. The highest BCUT2D eigenvalue weighted by molar-refractivity contribution is 5.74. The molecule has 0 saturated carbocycles. The fourth-order valence-electron chi connectivity index (χ4n) is 3.75. The van der Waals surface area contributed by atoms with Gasteiger partial charge in [-0.25, -0.2) is 4.39 Å². The van der Waals surface area contributed by atoms with Crippen LogP contribution in [0.4, 0.5) is 4.39 Å². The van der Waals surface area contributed by atoms with Gasteiger partial charge in [-0.2, -0.15) is 0 Å². The van der Waals surface area contributed by atoms with Gasteiger partial charge in [0.05, 0.1) is 5.69 Å². The third-order valence-electron chi connectivity index (χ3n) is 5.44. The van der Waals surface area contributed by atoms with Crippen molar-refractivity contribution in [3.63, 3.8) is 0 Å². The lowest BCUT2D eigenvalue weighted by molar-refractivity contribution is 0.126. The van der Waals surface area contributed by atoms with Crippen molar-refractivity contribution in [3.05, 3.63) is 59.5 Å². The molecule has 0 amide bonds. The Kier molecular flexibility index (Phi) is 6.15. The first-order valence-corrected chi connectivity index (χ1v) is 9.06. The van der Waals surface area contributed by atoms with Crippen LogP contribution in [0.15, 0.2) is 53.8 Å². The Balaban J connectivity index is 2.59. The minimum Gasteiger partial charge on any atom is -0.257 e. The lowest BCUT2D eigenvalue weighted by Gasteiger charge is -2.41. The predicted molar refractivity (Wildman–Crippen MR) is 101 cm³/mol. The molecule has 0 bridgehead atoms.